The van der Waals surface area contributed by atoms with E-state index >= 15 is 0 Å². The lowest BCUT2D eigenvalue weighted by molar-refractivity contribution is -0.158. The molecule has 0 aromatic heterocycles. The highest BCUT2D eigenvalue weighted by molar-refractivity contribution is 5.75. The summed E-state index contributed by atoms with van der Waals surface area (Å²) in [6.07, 6.45) is -1.59. The number of hydrogen-bond donors (Lipinski definition) is 1. The molecule has 76 valence electrons. The van der Waals surface area contributed by atoms with Gasteiger partial charge in [0.2, 0.25) is 5.92 Å². The molecule has 1 aliphatic rings. The van der Waals surface area contributed by atoms with E-state index in [1.54, 1.807) is 0 Å². The predicted molar refractivity (Wildman–Crippen MR) is 39.5 cm³/mol. The molecule has 0 radical (unpaired) electrons. The minimum absolute atomic E-state index is 0.272. The van der Waals surface area contributed by atoms with Gasteiger partial charge in [0.1, 0.15) is 6.67 Å². The Morgan fingerprint density at radius 3 is 2.00 bits per heavy atom. The van der Waals surface area contributed by atoms with E-state index in [0.29, 0.717) is 0 Å². The van der Waals surface area contributed by atoms with Crippen molar-refractivity contribution < 1.29 is 23.1 Å². The van der Waals surface area contributed by atoms with Gasteiger partial charge in [0.15, 0.2) is 0 Å². The molecule has 1 saturated carbocycles. The second kappa shape index (κ2) is 3.20. The summed E-state index contributed by atoms with van der Waals surface area (Å²) in [5.74, 6) is -4.11. The van der Waals surface area contributed by atoms with Gasteiger partial charge >= 0.3 is 5.97 Å². The first kappa shape index (κ1) is 10.3. The van der Waals surface area contributed by atoms with Crippen LogP contribution < -0.4 is 0 Å². The number of halogens is 3. The number of carboxylic acid groups (broad SMARTS) is 1. The van der Waals surface area contributed by atoms with Crippen LogP contribution in [0.2, 0.25) is 0 Å². The minimum atomic E-state index is -2.81. The predicted octanol–water partition coefficient (Wildman–Crippen LogP) is 2.24. The van der Waals surface area contributed by atoms with Crippen LogP contribution in [-0.2, 0) is 4.79 Å². The van der Waals surface area contributed by atoms with Crippen molar-refractivity contribution >= 4 is 5.97 Å². The van der Waals surface area contributed by atoms with Crippen LogP contribution in [0, 0.1) is 5.41 Å². The Kier molecular flexibility index (Phi) is 2.54. The maximum Gasteiger partial charge on any atom is 0.312 e. The fourth-order valence-electron chi connectivity index (χ4n) is 1.50. The van der Waals surface area contributed by atoms with Crippen molar-refractivity contribution in [2.24, 2.45) is 5.41 Å². The van der Waals surface area contributed by atoms with Crippen LogP contribution in [-0.4, -0.2) is 23.7 Å². The van der Waals surface area contributed by atoms with E-state index in [9.17, 15) is 18.0 Å². The standard InChI is InChI=1S/C8H11F3O2/c9-5-7(6(12)13)1-3-8(10,11)4-2-7/h1-5H2,(H,12,13). The van der Waals surface area contributed by atoms with E-state index in [-0.39, 0.29) is 12.8 Å². The van der Waals surface area contributed by atoms with Gasteiger partial charge in [0.25, 0.3) is 0 Å². The number of aliphatic carboxylic acids is 1. The van der Waals surface area contributed by atoms with Crippen LogP contribution >= 0.6 is 0 Å². The number of rotatable bonds is 2. The highest BCUT2D eigenvalue weighted by atomic mass is 19.3. The highest BCUT2D eigenvalue weighted by Crippen LogP contribution is 2.43. The van der Waals surface area contributed by atoms with Gasteiger partial charge in [0.05, 0.1) is 5.41 Å². The van der Waals surface area contributed by atoms with E-state index in [0.717, 1.165) is 0 Å². The highest BCUT2D eigenvalue weighted by Gasteiger charge is 2.48. The van der Waals surface area contributed by atoms with Gasteiger partial charge in [0, 0.05) is 12.8 Å². The number of hydrogen-bond acceptors (Lipinski definition) is 1. The van der Waals surface area contributed by atoms with Crippen molar-refractivity contribution in [3.63, 3.8) is 0 Å². The molecule has 0 aromatic carbocycles. The minimum Gasteiger partial charge on any atom is -0.481 e. The molecule has 0 spiro atoms. The molecule has 0 aliphatic heterocycles. The first-order valence-corrected chi connectivity index (χ1v) is 4.09. The normalized spacial score (nSPS) is 25.5. The quantitative estimate of drug-likeness (QED) is 0.735. The van der Waals surface area contributed by atoms with E-state index in [4.69, 9.17) is 5.11 Å². The lowest BCUT2D eigenvalue weighted by Crippen LogP contribution is -2.40. The summed E-state index contributed by atoms with van der Waals surface area (Å²) >= 11 is 0. The van der Waals surface area contributed by atoms with E-state index in [1.165, 1.54) is 0 Å². The third-order valence-corrected chi connectivity index (χ3v) is 2.65. The molecule has 0 saturated heterocycles. The molecule has 0 unspecified atom stereocenters. The molecular weight excluding hydrogens is 185 g/mol. The zero-order chi connectivity index (χ0) is 10.1. The number of carbonyl (C=O) groups is 1. The Bertz CT molecular complexity index is 205. The topological polar surface area (TPSA) is 37.3 Å². The Labute approximate surface area is 73.7 Å². The summed E-state index contributed by atoms with van der Waals surface area (Å²) in [7, 11) is 0. The number of carboxylic acids is 1. The average Bonchev–Trinajstić information content (AvgIpc) is 2.05. The third kappa shape index (κ3) is 1.95. The van der Waals surface area contributed by atoms with E-state index in [1.807, 2.05) is 0 Å². The fourth-order valence-corrected chi connectivity index (χ4v) is 1.50. The van der Waals surface area contributed by atoms with Crippen molar-refractivity contribution in [3.05, 3.63) is 0 Å². The molecule has 0 bridgehead atoms. The Morgan fingerprint density at radius 2 is 1.69 bits per heavy atom. The van der Waals surface area contributed by atoms with Crippen molar-refractivity contribution in [1.82, 2.24) is 0 Å². The molecule has 1 N–H and O–H groups in total. The van der Waals surface area contributed by atoms with Crippen molar-refractivity contribution in [3.8, 4) is 0 Å². The molecule has 1 rings (SSSR count). The van der Waals surface area contributed by atoms with Crippen LogP contribution in [0.25, 0.3) is 0 Å². The van der Waals surface area contributed by atoms with Gasteiger partial charge in [-0.1, -0.05) is 0 Å². The van der Waals surface area contributed by atoms with Crippen LogP contribution in [0.4, 0.5) is 13.2 Å². The SMILES string of the molecule is O=C(O)C1(CF)CCC(F)(F)CC1. The first-order chi connectivity index (χ1) is 5.92. The largest absolute Gasteiger partial charge is 0.481 e. The van der Waals surface area contributed by atoms with Crippen LogP contribution in [0.15, 0.2) is 0 Å². The Hall–Kier alpha value is -0.740. The monoisotopic (exact) mass is 196 g/mol. The first-order valence-electron chi connectivity index (χ1n) is 4.09. The van der Waals surface area contributed by atoms with Gasteiger partial charge in [-0.3, -0.25) is 4.79 Å². The van der Waals surface area contributed by atoms with Crippen molar-refractivity contribution in [2.75, 3.05) is 6.67 Å². The summed E-state index contributed by atoms with van der Waals surface area (Å²) in [5, 5.41) is 8.67. The Morgan fingerprint density at radius 1 is 1.23 bits per heavy atom. The molecule has 1 fully saturated rings. The smallest absolute Gasteiger partial charge is 0.312 e. The molecular formula is C8H11F3O2. The molecule has 2 nitrogen and oxygen atoms in total. The molecule has 0 aromatic rings. The van der Waals surface area contributed by atoms with Crippen molar-refractivity contribution in [2.45, 2.75) is 31.6 Å². The Balaban J connectivity index is 2.69. The zero-order valence-corrected chi connectivity index (χ0v) is 7.02. The molecule has 13 heavy (non-hydrogen) atoms. The third-order valence-electron chi connectivity index (χ3n) is 2.65. The maximum absolute atomic E-state index is 12.6. The van der Waals surface area contributed by atoms with E-state index in [2.05, 4.69) is 0 Å². The summed E-state index contributed by atoms with van der Waals surface area (Å²) < 4.78 is 37.7. The zero-order valence-electron chi connectivity index (χ0n) is 7.02. The lowest BCUT2D eigenvalue weighted by Gasteiger charge is -2.34. The van der Waals surface area contributed by atoms with Gasteiger partial charge in [-0.25, -0.2) is 13.2 Å². The summed E-state index contributed by atoms with van der Waals surface area (Å²) in [6.45, 7) is -1.06. The molecule has 1 aliphatic carbocycles. The van der Waals surface area contributed by atoms with E-state index < -0.39 is 36.8 Å². The molecule has 5 heteroatoms. The summed E-state index contributed by atoms with van der Waals surface area (Å²) in [4.78, 5) is 10.6. The van der Waals surface area contributed by atoms with Gasteiger partial charge in [-0.15, -0.1) is 0 Å². The van der Waals surface area contributed by atoms with Crippen molar-refractivity contribution in [1.29, 1.82) is 0 Å². The molecule has 0 atom stereocenters. The fraction of sp³-hybridized carbons (Fsp3) is 0.875. The van der Waals surface area contributed by atoms with Gasteiger partial charge in [-0.2, -0.15) is 0 Å². The number of alkyl halides is 3. The molecule has 0 amide bonds. The molecule has 0 heterocycles. The second-order valence-electron chi connectivity index (χ2n) is 3.58. The summed E-state index contributed by atoms with van der Waals surface area (Å²) in [5.41, 5.74) is -1.55. The van der Waals surface area contributed by atoms with Gasteiger partial charge < -0.3 is 5.11 Å². The van der Waals surface area contributed by atoms with Crippen LogP contribution in [0.5, 0.6) is 0 Å². The second-order valence-corrected chi connectivity index (χ2v) is 3.58. The summed E-state index contributed by atoms with van der Waals surface area (Å²) in [6, 6.07) is 0. The lowest BCUT2D eigenvalue weighted by atomic mass is 9.74. The van der Waals surface area contributed by atoms with Crippen LogP contribution in [0.1, 0.15) is 25.7 Å². The van der Waals surface area contributed by atoms with Gasteiger partial charge in [-0.05, 0) is 12.8 Å². The maximum atomic E-state index is 12.6. The van der Waals surface area contributed by atoms with Crippen LogP contribution in [0.3, 0.4) is 0 Å². The average molecular weight is 196 g/mol.